The van der Waals surface area contributed by atoms with E-state index in [-0.39, 0.29) is 5.54 Å². The van der Waals surface area contributed by atoms with Crippen LogP contribution < -0.4 is 5.32 Å². The van der Waals surface area contributed by atoms with E-state index in [9.17, 15) is 5.11 Å². The molecule has 0 aliphatic carbocycles. The van der Waals surface area contributed by atoms with Crippen molar-refractivity contribution in [3.8, 4) is 0 Å². The van der Waals surface area contributed by atoms with E-state index in [0.29, 0.717) is 18.1 Å². The molecule has 3 atom stereocenters. The normalized spacial score (nSPS) is 31.6. The van der Waals surface area contributed by atoms with Crippen molar-refractivity contribution in [3.63, 3.8) is 0 Å². The first-order valence-electron chi connectivity index (χ1n) is 6.74. The summed E-state index contributed by atoms with van der Waals surface area (Å²) in [4.78, 5) is 0. The minimum Gasteiger partial charge on any atom is -0.389 e. The third-order valence-corrected chi connectivity index (χ3v) is 4.16. The summed E-state index contributed by atoms with van der Waals surface area (Å²) in [6, 6.07) is 0. The van der Waals surface area contributed by atoms with Crippen molar-refractivity contribution in [1.82, 2.24) is 5.32 Å². The van der Waals surface area contributed by atoms with Gasteiger partial charge in [0.1, 0.15) is 0 Å². The van der Waals surface area contributed by atoms with Gasteiger partial charge in [-0.25, -0.2) is 0 Å². The molecule has 1 heterocycles. The van der Waals surface area contributed by atoms with Crippen molar-refractivity contribution in [1.29, 1.82) is 0 Å². The van der Waals surface area contributed by atoms with Gasteiger partial charge in [0.05, 0.1) is 17.8 Å². The Balaban J connectivity index is 2.45. The van der Waals surface area contributed by atoms with E-state index in [1.807, 2.05) is 13.8 Å². The van der Waals surface area contributed by atoms with Crippen LogP contribution in [0.3, 0.4) is 0 Å². The molecule has 3 nitrogen and oxygen atoms in total. The number of aliphatic hydroxyl groups is 1. The second-order valence-corrected chi connectivity index (χ2v) is 6.66. The highest BCUT2D eigenvalue weighted by molar-refractivity contribution is 4.94. The molecule has 0 aromatic rings. The van der Waals surface area contributed by atoms with E-state index in [4.69, 9.17) is 4.74 Å². The van der Waals surface area contributed by atoms with E-state index in [0.717, 1.165) is 19.4 Å². The zero-order valence-electron chi connectivity index (χ0n) is 12.2. The van der Waals surface area contributed by atoms with Crippen molar-refractivity contribution in [2.45, 2.75) is 77.7 Å². The zero-order valence-corrected chi connectivity index (χ0v) is 12.2. The van der Waals surface area contributed by atoms with Crippen LogP contribution in [0.15, 0.2) is 0 Å². The minimum atomic E-state index is -0.713. The van der Waals surface area contributed by atoms with Crippen LogP contribution in [0.5, 0.6) is 0 Å². The standard InChI is InChI=1S/C14H29NO2/c1-10-7-12(8-11(2)17-10)9-15-13(3,4)14(5,6)16/h10-12,15-16H,7-9H2,1-6H3/t10-,11+,12?. The van der Waals surface area contributed by atoms with Crippen LogP contribution in [0.1, 0.15) is 54.4 Å². The molecule has 102 valence electrons. The van der Waals surface area contributed by atoms with Gasteiger partial charge in [0.2, 0.25) is 0 Å². The predicted octanol–water partition coefficient (Wildman–Crippen LogP) is 2.33. The minimum absolute atomic E-state index is 0.266. The molecule has 1 unspecified atom stereocenters. The molecule has 0 saturated carbocycles. The number of rotatable bonds is 4. The molecular weight excluding hydrogens is 214 g/mol. The Hall–Kier alpha value is -0.120. The van der Waals surface area contributed by atoms with Gasteiger partial charge < -0.3 is 15.2 Å². The third kappa shape index (κ3) is 4.23. The van der Waals surface area contributed by atoms with Crippen molar-refractivity contribution in [2.75, 3.05) is 6.54 Å². The molecule has 1 rings (SSSR count). The maximum atomic E-state index is 10.1. The lowest BCUT2D eigenvalue weighted by Crippen LogP contribution is -2.57. The first-order chi connectivity index (χ1) is 7.62. The molecule has 0 amide bonds. The second kappa shape index (κ2) is 5.25. The number of hydrogen-bond acceptors (Lipinski definition) is 3. The van der Waals surface area contributed by atoms with Gasteiger partial charge in [-0.05, 0) is 66.8 Å². The van der Waals surface area contributed by atoms with E-state index in [1.165, 1.54) is 0 Å². The van der Waals surface area contributed by atoms with Crippen LogP contribution in [0.2, 0.25) is 0 Å². The molecular formula is C14H29NO2. The van der Waals surface area contributed by atoms with Crippen molar-refractivity contribution in [2.24, 2.45) is 5.92 Å². The highest BCUT2D eigenvalue weighted by Crippen LogP contribution is 2.26. The molecule has 3 heteroatoms. The summed E-state index contributed by atoms with van der Waals surface area (Å²) < 4.78 is 5.74. The molecule has 1 aliphatic rings. The smallest absolute Gasteiger partial charge is 0.0767 e. The maximum Gasteiger partial charge on any atom is 0.0767 e. The largest absolute Gasteiger partial charge is 0.389 e. The van der Waals surface area contributed by atoms with Gasteiger partial charge in [0.15, 0.2) is 0 Å². The van der Waals surface area contributed by atoms with Crippen LogP contribution in [-0.4, -0.2) is 35.0 Å². The molecule has 1 fully saturated rings. The topological polar surface area (TPSA) is 41.5 Å². The molecule has 0 radical (unpaired) electrons. The maximum absolute atomic E-state index is 10.1. The van der Waals surface area contributed by atoms with E-state index >= 15 is 0 Å². The van der Waals surface area contributed by atoms with Crippen molar-refractivity contribution >= 4 is 0 Å². The lowest BCUT2D eigenvalue weighted by atomic mass is 9.84. The Bertz CT molecular complexity index is 235. The Labute approximate surface area is 106 Å². The fraction of sp³-hybridized carbons (Fsp3) is 1.00. The van der Waals surface area contributed by atoms with Gasteiger partial charge in [0, 0.05) is 5.54 Å². The average molecular weight is 243 g/mol. The van der Waals surface area contributed by atoms with E-state index in [1.54, 1.807) is 0 Å². The van der Waals surface area contributed by atoms with Crippen LogP contribution in [0.4, 0.5) is 0 Å². The van der Waals surface area contributed by atoms with Crippen LogP contribution in [0.25, 0.3) is 0 Å². The summed E-state index contributed by atoms with van der Waals surface area (Å²) in [6.07, 6.45) is 2.94. The Morgan fingerprint density at radius 3 is 2.00 bits per heavy atom. The SMILES string of the molecule is C[C@@H]1CC(CNC(C)(C)C(C)(C)O)C[C@H](C)O1. The number of nitrogens with one attached hydrogen (secondary N) is 1. The summed E-state index contributed by atoms with van der Waals surface area (Å²) in [5, 5.41) is 13.6. The molecule has 1 aliphatic heterocycles. The molecule has 0 spiro atoms. The average Bonchev–Trinajstić information content (AvgIpc) is 2.11. The number of ether oxygens (including phenoxy) is 1. The summed E-state index contributed by atoms with van der Waals surface area (Å²) in [5.74, 6) is 0.648. The van der Waals surface area contributed by atoms with Gasteiger partial charge in [-0.2, -0.15) is 0 Å². The lowest BCUT2D eigenvalue weighted by Gasteiger charge is -2.40. The molecule has 0 aromatic heterocycles. The van der Waals surface area contributed by atoms with Crippen LogP contribution in [0, 0.1) is 5.92 Å². The van der Waals surface area contributed by atoms with Gasteiger partial charge in [-0.15, -0.1) is 0 Å². The van der Waals surface area contributed by atoms with Gasteiger partial charge in [-0.3, -0.25) is 0 Å². The monoisotopic (exact) mass is 243 g/mol. The van der Waals surface area contributed by atoms with Crippen molar-refractivity contribution in [3.05, 3.63) is 0 Å². The van der Waals surface area contributed by atoms with Crippen LogP contribution in [-0.2, 0) is 4.74 Å². The van der Waals surface area contributed by atoms with E-state index < -0.39 is 5.60 Å². The summed E-state index contributed by atoms with van der Waals surface area (Å²) >= 11 is 0. The fourth-order valence-electron chi connectivity index (χ4n) is 2.33. The highest BCUT2D eigenvalue weighted by atomic mass is 16.5. The predicted molar refractivity (Wildman–Crippen MR) is 71.1 cm³/mol. The van der Waals surface area contributed by atoms with E-state index in [2.05, 4.69) is 33.0 Å². The van der Waals surface area contributed by atoms with Gasteiger partial charge in [-0.1, -0.05) is 0 Å². The van der Waals surface area contributed by atoms with Gasteiger partial charge >= 0.3 is 0 Å². The summed E-state index contributed by atoms with van der Waals surface area (Å²) in [6.45, 7) is 13.1. The third-order valence-electron chi connectivity index (χ3n) is 4.16. The first-order valence-corrected chi connectivity index (χ1v) is 6.74. The fourth-order valence-corrected chi connectivity index (χ4v) is 2.33. The van der Waals surface area contributed by atoms with Gasteiger partial charge in [0.25, 0.3) is 0 Å². The molecule has 0 bridgehead atoms. The zero-order chi connectivity index (χ0) is 13.3. The Morgan fingerprint density at radius 1 is 1.12 bits per heavy atom. The number of hydrogen-bond donors (Lipinski definition) is 2. The van der Waals surface area contributed by atoms with Crippen LogP contribution >= 0.6 is 0 Å². The molecule has 2 N–H and O–H groups in total. The summed E-state index contributed by atoms with van der Waals surface area (Å²) in [7, 11) is 0. The molecule has 1 saturated heterocycles. The second-order valence-electron chi connectivity index (χ2n) is 6.66. The first kappa shape index (κ1) is 14.9. The molecule has 17 heavy (non-hydrogen) atoms. The quantitative estimate of drug-likeness (QED) is 0.796. The molecule has 0 aromatic carbocycles. The highest BCUT2D eigenvalue weighted by Gasteiger charge is 2.35. The summed E-state index contributed by atoms with van der Waals surface area (Å²) in [5.41, 5.74) is -0.979. The Morgan fingerprint density at radius 2 is 1.59 bits per heavy atom. The van der Waals surface area contributed by atoms with Crippen molar-refractivity contribution < 1.29 is 9.84 Å². The lowest BCUT2D eigenvalue weighted by molar-refractivity contribution is -0.0568. The Kier molecular flexibility index (Phi) is 4.61.